The van der Waals surface area contributed by atoms with Crippen molar-refractivity contribution in [1.82, 2.24) is 25.1 Å². The number of amides is 1. The Morgan fingerprint density at radius 3 is 2.73 bits per heavy atom. The summed E-state index contributed by atoms with van der Waals surface area (Å²) in [5, 5.41) is 21.1. The van der Waals surface area contributed by atoms with Gasteiger partial charge in [0.25, 0.3) is 0 Å². The standard InChI is InChI=1S/C19H25N5O2/c25-13-19(11-16-2-3-16)8-1-9-23(12-19)18(26)10-15-4-6-17(7-5-15)24-14-20-21-22-24/h4-7,14,16,25H,1-3,8-13H2/t19-/m0/s1. The number of likely N-dealkylation sites (tertiary alicyclic amines) is 1. The zero-order valence-electron chi connectivity index (χ0n) is 14.9. The average Bonchev–Trinajstić information content (AvgIpc) is 3.30. The highest BCUT2D eigenvalue weighted by atomic mass is 16.3. The van der Waals surface area contributed by atoms with Crippen LogP contribution in [0.5, 0.6) is 0 Å². The molecule has 1 aromatic heterocycles. The SMILES string of the molecule is O=C(Cc1ccc(-n2cnnn2)cc1)N1CCC[C@](CO)(CC2CC2)C1. The van der Waals surface area contributed by atoms with E-state index in [4.69, 9.17) is 0 Å². The molecule has 1 aliphatic carbocycles. The van der Waals surface area contributed by atoms with Gasteiger partial charge >= 0.3 is 0 Å². The number of aromatic nitrogens is 4. The molecule has 1 N–H and O–H groups in total. The highest BCUT2D eigenvalue weighted by Gasteiger charge is 2.40. The smallest absolute Gasteiger partial charge is 0.227 e. The Hall–Kier alpha value is -2.28. The van der Waals surface area contributed by atoms with Crippen molar-refractivity contribution in [3.8, 4) is 5.69 Å². The van der Waals surface area contributed by atoms with E-state index in [1.807, 2.05) is 29.2 Å². The molecule has 2 fully saturated rings. The summed E-state index contributed by atoms with van der Waals surface area (Å²) in [4.78, 5) is 14.7. The molecule has 7 heteroatoms. The van der Waals surface area contributed by atoms with E-state index in [-0.39, 0.29) is 17.9 Å². The lowest BCUT2D eigenvalue weighted by molar-refractivity contribution is -0.135. The molecule has 138 valence electrons. The predicted octanol–water partition coefficient (Wildman–Crippen LogP) is 1.61. The van der Waals surface area contributed by atoms with Crippen LogP contribution in [-0.4, -0.2) is 55.8 Å². The molecule has 2 aromatic rings. The van der Waals surface area contributed by atoms with E-state index < -0.39 is 0 Å². The first-order valence-electron chi connectivity index (χ1n) is 9.38. The average molecular weight is 355 g/mol. The summed E-state index contributed by atoms with van der Waals surface area (Å²) in [6, 6.07) is 7.73. The number of aliphatic hydroxyl groups is 1. The topological polar surface area (TPSA) is 84.1 Å². The van der Waals surface area contributed by atoms with Crippen molar-refractivity contribution in [3.05, 3.63) is 36.2 Å². The number of piperidine rings is 1. The Balaban J connectivity index is 1.39. The number of carbonyl (C=O) groups is 1. The van der Waals surface area contributed by atoms with Gasteiger partial charge in [0.1, 0.15) is 6.33 Å². The second-order valence-corrected chi connectivity index (χ2v) is 7.82. The third-order valence-corrected chi connectivity index (χ3v) is 5.67. The third-order valence-electron chi connectivity index (χ3n) is 5.67. The van der Waals surface area contributed by atoms with Crippen LogP contribution in [0.4, 0.5) is 0 Å². The van der Waals surface area contributed by atoms with Crippen molar-refractivity contribution in [1.29, 1.82) is 0 Å². The van der Waals surface area contributed by atoms with Crippen molar-refractivity contribution < 1.29 is 9.90 Å². The summed E-state index contributed by atoms with van der Waals surface area (Å²) in [6.07, 6.45) is 7.57. The van der Waals surface area contributed by atoms with E-state index >= 15 is 0 Å². The van der Waals surface area contributed by atoms with E-state index in [1.54, 1.807) is 11.0 Å². The van der Waals surface area contributed by atoms with Crippen molar-refractivity contribution in [2.24, 2.45) is 11.3 Å². The van der Waals surface area contributed by atoms with E-state index in [9.17, 15) is 9.90 Å². The molecule has 1 saturated carbocycles. The Morgan fingerprint density at radius 1 is 1.27 bits per heavy atom. The molecule has 7 nitrogen and oxygen atoms in total. The number of carbonyl (C=O) groups excluding carboxylic acids is 1. The molecule has 1 aliphatic heterocycles. The van der Waals surface area contributed by atoms with Gasteiger partial charge < -0.3 is 10.0 Å². The Morgan fingerprint density at radius 2 is 2.08 bits per heavy atom. The van der Waals surface area contributed by atoms with E-state index in [2.05, 4.69) is 15.5 Å². The number of nitrogens with zero attached hydrogens (tertiary/aromatic N) is 5. The number of tetrazole rings is 1. The molecule has 1 saturated heterocycles. The Kier molecular flexibility index (Phi) is 4.72. The van der Waals surface area contributed by atoms with Gasteiger partial charge in [-0.3, -0.25) is 4.79 Å². The molecule has 1 amide bonds. The van der Waals surface area contributed by atoms with Crippen LogP contribution < -0.4 is 0 Å². The molecule has 0 bridgehead atoms. The van der Waals surface area contributed by atoms with Gasteiger partial charge in [0.15, 0.2) is 0 Å². The predicted molar refractivity (Wildman–Crippen MR) is 95.5 cm³/mol. The fraction of sp³-hybridized carbons (Fsp3) is 0.579. The molecular weight excluding hydrogens is 330 g/mol. The number of hydrogen-bond acceptors (Lipinski definition) is 5. The van der Waals surface area contributed by atoms with Gasteiger partial charge in [-0.25, -0.2) is 4.68 Å². The van der Waals surface area contributed by atoms with Crippen LogP contribution >= 0.6 is 0 Å². The monoisotopic (exact) mass is 355 g/mol. The molecule has 2 heterocycles. The number of hydrogen-bond donors (Lipinski definition) is 1. The lowest BCUT2D eigenvalue weighted by atomic mass is 9.76. The summed E-state index contributed by atoms with van der Waals surface area (Å²) >= 11 is 0. The van der Waals surface area contributed by atoms with Gasteiger partial charge in [0.2, 0.25) is 5.91 Å². The van der Waals surface area contributed by atoms with Crippen molar-refractivity contribution >= 4 is 5.91 Å². The summed E-state index contributed by atoms with van der Waals surface area (Å²) in [6.45, 7) is 1.68. The first kappa shape index (κ1) is 17.1. The van der Waals surface area contributed by atoms with Crippen LogP contribution in [-0.2, 0) is 11.2 Å². The Labute approximate surface area is 153 Å². The first-order chi connectivity index (χ1) is 12.7. The zero-order valence-corrected chi connectivity index (χ0v) is 14.9. The summed E-state index contributed by atoms with van der Waals surface area (Å²) < 4.78 is 1.59. The quantitative estimate of drug-likeness (QED) is 0.851. The van der Waals surface area contributed by atoms with Crippen LogP contribution in [0, 0.1) is 11.3 Å². The van der Waals surface area contributed by atoms with Gasteiger partial charge in [-0.2, -0.15) is 0 Å². The minimum Gasteiger partial charge on any atom is -0.396 e. The zero-order chi connectivity index (χ0) is 18.0. The second-order valence-electron chi connectivity index (χ2n) is 7.82. The van der Waals surface area contributed by atoms with Crippen molar-refractivity contribution in [3.63, 3.8) is 0 Å². The van der Waals surface area contributed by atoms with Gasteiger partial charge in [-0.05, 0) is 53.3 Å². The van der Waals surface area contributed by atoms with Crippen molar-refractivity contribution in [2.45, 2.75) is 38.5 Å². The molecule has 0 spiro atoms. The van der Waals surface area contributed by atoms with Crippen molar-refractivity contribution in [2.75, 3.05) is 19.7 Å². The lowest BCUT2D eigenvalue weighted by Gasteiger charge is -2.42. The van der Waals surface area contributed by atoms with Crippen LogP contribution in [0.3, 0.4) is 0 Å². The van der Waals surface area contributed by atoms with Gasteiger partial charge in [-0.15, -0.1) is 5.10 Å². The summed E-state index contributed by atoms with van der Waals surface area (Å²) in [7, 11) is 0. The van der Waals surface area contributed by atoms with E-state index in [1.165, 1.54) is 12.8 Å². The maximum absolute atomic E-state index is 12.8. The Bertz CT molecular complexity index is 742. The molecule has 4 rings (SSSR count). The third kappa shape index (κ3) is 3.77. The highest BCUT2D eigenvalue weighted by Crippen LogP contribution is 2.44. The maximum atomic E-state index is 12.8. The summed E-state index contributed by atoms with van der Waals surface area (Å²) in [5.74, 6) is 0.907. The highest BCUT2D eigenvalue weighted by molar-refractivity contribution is 5.79. The van der Waals surface area contributed by atoms with Gasteiger partial charge in [0.05, 0.1) is 18.7 Å². The minimum absolute atomic E-state index is 0.0843. The number of rotatable bonds is 6. The lowest BCUT2D eigenvalue weighted by Crippen LogP contribution is -2.48. The largest absolute Gasteiger partial charge is 0.396 e. The molecule has 1 aromatic carbocycles. The number of aliphatic hydroxyl groups excluding tert-OH is 1. The van der Waals surface area contributed by atoms with Gasteiger partial charge in [-0.1, -0.05) is 25.0 Å². The fourth-order valence-electron chi connectivity index (χ4n) is 4.05. The van der Waals surface area contributed by atoms with Crippen LogP contribution in [0.15, 0.2) is 30.6 Å². The molecule has 2 aliphatic rings. The maximum Gasteiger partial charge on any atom is 0.227 e. The van der Waals surface area contributed by atoms with Crippen LogP contribution in [0.25, 0.3) is 5.69 Å². The fourth-order valence-corrected chi connectivity index (χ4v) is 4.05. The van der Waals surface area contributed by atoms with Crippen LogP contribution in [0.2, 0.25) is 0 Å². The second kappa shape index (κ2) is 7.15. The minimum atomic E-state index is -0.0843. The van der Waals surface area contributed by atoms with E-state index in [0.29, 0.717) is 13.0 Å². The molecule has 1 atom stereocenters. The molecule has 0 radical (unpaired) electrons. The molecule has 26 heavy (non-hydrogen) atoms. The molecular formula is C19H25N5O2. The number of benzene rings is 1. The van der Waals surface area contributed by atoms with Crippen LogP contribution in [0.1, 0.15) is 37.7 Å². The van der Waals surface area contributed by atoms with Gasteiger partial charge in [0, 0.05) is 18.5 Å². The normalized spacial score (nSPS) is 23.2. The molecule has 0 unspecified atom stereocenters. The first-order valence-corrected chi connectivity index (χ1v) is 9.38. The summed E-state index contributed by atoms with van der Waals surface area (Å²) in [5.41, 5.74) is 1.76. The van der Waals surface area contributed by atoms with E-state index in [0.717, 1.165) is 43.0 Å².